The number of hydrogen-bond acceptors (Lipinski definition) is 4. The molecular weight excluding hydrogens is 292 g/mol. The van der Waals surface area contributed by atoms with Crippen molar-refractivity contribution in [3.05, 3.63) is 59.0 Å². The first kappa shape index (κ1) is 15.2. The highest BCUT2D eigenvalue weighted by Crippen LogP contribution is 2.24. The van der Waals surface area contributed by atoms with Gasteiger partial charge in [-0.2, -0.15) is 0 Å². The summed E-state index contributed by atoms with van der Waals surface area (Å²) in [6, 6.07) is 11.7. The van der Waals surface area contributed by atoms with Gasteiger partial charge in [-0.1, -0.05) is 25.5 Å². The van der Waals surface area contributed by atoms with E-state index in [9.17, 15) is 9.90 Å². The minimum absolute atomic E-state index is 0.1000. The van der Waals surface area contributed by atoms with Gasteiger partial charge in [0, 0.05) is 6.07 Å². The van der Waals surface area contributed by atoms with Crippen LogP contribution in [0, 0.1) is 0 Å². The molecule has 0 unspecified atom stereocenters. The zero-order chi connectivity index (χ0) is 16.2. The van der Waals surface area contributed by atoms with Crippen LogP contribution in [0.4, 0.5) is 0 Å². The number of benzene rings is 2. The maximum atomic E-state index is 12.6. The Hall–Kier alpha value is -2.75. The molecule has 3 rings (SSSR count). The highest BCUT2D eigenvalue weighted by molar-refractivity contribution is 5.82. The lowest BCUT2D eigenvalue weighted by molar-refractivity contribution is 0.309. The van der Waals surface area contributed by atoms with Crippen molar-refractivity contribution < 1.29 is 14.3 Å². The normalized spacial score (nSPS) is 10.8. The lowest BCUT2D eigenvalue weighted by Gasteiger charge is -2.07. The summed E-state index contributed by atoms with van der Waals surface area (Å²) in [6.07, 6.45) is 3.51. The van der Waals surface area contributed by atoms with Gasteiger partial charge in [0.05, 0.1) is 17.6 Å². The number of fused-ring (bicyclic) bond motifs is 1. The van der Waals surface area contributed by atoms with Crippen molar-refractivity contribution in [1.82, 2.24) is 0 Å². The average Bonchev–Trinajstić information content (AvgIpc) is 2.56. The van der Waals surface area contributed by atoms with E-state index >= 15 is 0 Å². The van der Waals surface area contributed by atoms with E-state index in [1.807, 2.05) is 0 Å². The quantitative estimate of drug-likeness (QED) is 0.712. The van der Waals surface area contributed by atoms with Gasteiger partial charge < -0.3 is 14.3 Å². The van der Waals surface area contributed by atoms with E-state index in [0.29, 0.717) is 34.5 Å². The number of phenols is 1. The van der Waals surface area contributed by atoms with Crippen LogP contribution in [0.5, 0.6) is 11.5 Å². The molecule has 0 saturated carbocycles. The molecule has 0 atom stereocenters. The van der Waals surface area contributed by atoms with Gasteiger partial charge in [-0.05, 0) is 36.2 Å². The molecule has 0 amide bonds. The Kier molecular flexibility index (Phi) is 4.33. The molecule has 23 heavy (non-hydrogen) atoms. The van der Waals surface area contributed by atoms with Gasteiger partial charge in [0.1, 0.15) is 23.3 Å². The molecule has 118 valence electrons. The fourth-order valence-electron chi connectivity index (χ4n) is 2.37. The van der Waals surface area contributed by atoms with Crippen molar-refractivity contribution in [2.24, 2.45) is 0 Å². The Bertz CT molecular complexity index is 863. The predicted molar refractivity (Wildman–Crippen MR) is 90.0 cm³/mol. The highest BCUT2D eigenvalue weighted by Gasteiger charge is 2.10. The lowest BCUT2D eigenvalue weighted by atomic mass is 10.1. The topological polar surface area (TPSA) is 59.7 Å². The predicted octanol–water partition coefficient (Wildman–Crippen LogP) is 4.34. The van der Waals surface area contributed by atoms with E-state index in [2.05, 4.69) is 6.92 Å². The zero-order valence-electron chi connectivity index (χ0n) is 12.9. The molecule has 0 spiro atoms. The second-order valence-corrected chi connectivity index (χ2v) is 5.39. The van der Waals surface area contributed by atoms with Crippen molar-refractivity contribution in [3.63, 3.8) is 0 Å². The van der Waals surface area contributed by atoms with Crippen LogP contribution in [0.2, 0.25) is 0 Å². The summed E-state index contributed by atoms with van der Waals surface area (Å²) in [4.78, 5) is 12.6. The van der Waals surface area contributed by atoms with Crippen LogP contribution < -0.4 is 10.2 Å². The monoisotopic (exact) mass is 310 g/mol. The fourth-order valence-corrected chi connectivity index (χ4v) is 2.37. The summed E-state index contributed by atoms with van der Waals surface area (Å²) in [5.74, 6) is 0.860. The number of hydrogen-bond donors (Lipinski definition) is 1. The van der Waals surface area contributed by atoms with Crippen LogP contribution in [0.25, 0.3) is 22.1 Å². The Balaban J connectivity index is 1.98. The molecule has 0 radical (unpaired) electrons. The molecule has 2 aromatic carbocycles. The van der Waals surface area contributed by atoms with Crippen LogP contribution >= 0.6 is 0 Å². The van der Waals surface area contributed by atoms with Crippen LogP contribution in [0.1, 0.15) is 19.8 Å². The summed E-state index contributed by atoms with van der Waals surface area (Å²) in [7, 11) is 0. The van der Waals surface area contributed by atoms with E-state index in [1.54, 1.807) is 42.5 Å². The molecule has 1 aromatic heterocycles. The second kappa shape index (κ2) is 6.57. The Morgan fingerprint density at radius 3 is 2.65 bits per heavy atom. The van der Waals surface area contributed by atoms with E-state index in [-0.39, 0.29) is 11.2 Å². The average molecular weight is 310 g/mol. The highest BCUT2D eigenvalue weighted by atomic mass is 16.5. The molecule has 3 aromatic rings. The molecule has 0 bridgehead atoms. The van der Waals surface area contributed by atoms with Crippen molar-refractivity contribution in [3.8, 4) is 22.6 Å². The van der Waals surface area contributed by atoms with Crippen molar-refractivity contribution in [1.29, 1.82) is 0 Å². The first-order valence-electron chi connectivity index (χ1n) is 7.67. The largest absolute Gasteiger partial charge is 0.508 e. The summed E-state index contributed by atoms with van der Waals surface area (Å²) >= 11 is 0. The van der Waals surface area contributed by atoms with Gasteiger partial charge in [-0.15, -0.1) is 0 Å². The summed E-state index contributed by atoms with van der Waals surface area (Å²) in [5, 5.41) is 9.86. The van der Waals surface area contributed by atoms with E-state index in [4.69, 9.17) is 9.15 Å². The Labute approximate surface area is 134 Å². The summed E-state index contributed by atoms with van der Waals surface area (Å²) in [5.41, 5.74) is 1.59. The molecule has 0 fully saturated rings. The van der Waals surface area contributed by atoms with E-state index < -0.39 is 0 Å². The summed E-state index contributed by atoms with van der Waals surface area (Å²) in [6.45, 7) is 2.76. The van der Waals surface area contributed by atoms with Crippen LogP contribution in [-0.2, 0) is 0 Å². The molecule has 0 saturated heterocycles. The van der Waals surface area contributed by atoms with Gasteiger partial charge in [-0.3, -0.25) is 4.79 Å². The van der Waals surface area contributed by atoms with Gasteiger partial charge in [0.2, 0.25) is 0 Å². The van der Waals surface area contributed by atoms with Gasteiger partial charge in [0.15, 0.2) is 5.43 Å². The number of phenolic OH excluding ortho intramolecular Hbond substituents is 1. The van der Waals surface area contributed by atoms with E-state index in [0.717, 1.165) is 12.8 Å². The molecule has 4 nitrogen and oxygen atoms in total. The first-order valence-corrected chi connectivity index (χ1v) is 7.67. The third-order valence-corrected chi connectivity index (χ3v) is 3.69. The van der Waals surface area contributed by atoms with E-state index in [1.165, 1.54) is 6.26 Å². The molecule has 4 heteroatoms. The lowest BCUT2D eigenvalue weighted by Crippen LogP contribution is -2.05. The fraction of sp³-hybridized carbons (Fsp3) is 0.211. The minimum atomic E-state index is -0.1000. The van der Waals surface area contributed by atoms with Crippen LogP contribution in [-0.4, -0.2) is 11.7 Å². The molecule has 0 aliphatic rings. The SMILES string of the molecule is CCCCOc1ccc2c(=O)c(-c3ccc(O)cc3)coc2c1. The standard InChI is InChI=1S/C19H18O4/c1-2-3-10-22-15-8-9-16-18(11-15)23-12-17(19(16)21)13-4-6-14(20)7-5-13/h4-9,11-12,20H,2-3,10H2,1H3. The number of ether oxygens (including phenoxy) is 1. The second-order valence-electron chi connectivity index (χ2n) is 5.39. The zero-order valence-corrected chi connectivity index (χ0v) is 12.9. The molecule has 1 heterocycles. The van der Waals surface area contributed by atoms with Gasteiger partial charge in [-0.25, -0.2) is 0 Å². The van der Waals surface area contributed by atoms with Gasteiger partial charge >= 0.3 is 0 Å². The number of rotatable bonds is 5. The third-order valence-electron chi connectivity index (χ3n) is 3.69. The van der Waals surface area contributed by atoms with Crippen molar-refractivity contribution in [2.75, 3.05) is 6.61 Å². The van der Waals surface area contributed by atoms with Crippen LogP contribution in [0.3, 0.4) is 0 Å². The first-order chi connectivity index (χ1) is 11.2. The molecule has 1 N–H and O–H groups in total. The Morgan fingerprint density at radius 1 is 1.13 bits per heavy atom. The number of unbranched alkanes of at least 4 members (excludes halogenated alkanes) is 1. The third kappa shape index (κ3) is 3.21. The minimum Gasteiger partial charge on any atom is -0.508 e. The summed E-state index contributed by atoms with van der Waals surface area (Å²) < 4.78 is 11.2. The smallest absolute Gasteiger partial charge is 0.200 e. The maximum absolute atomic E-state index is 12.6. The van der Waals surface area contributed by atoms with Crippen LogP contribution in [0.15, 0.2) is 57.9 Å². The van der Waals surface area contributed by atoms with Gasteiger partial charge in [0.25, 0.3) is 0 Å². The number of aromatic hydroxyl groups is 1. The molecule has 0 aliphatic heterocycles. The van der Waals surface area contributed by atoms with Crippen molar-refractivity contribution in [2.45, 2.75) is 19.8 Å². The van der Waals surface area contributed by atoms with Crippen molar-refractivity contribution >= 4 is 11.0 Å². The molecule has 0 aliphatic carbocycles. The maximum Gasteiger partial charge on any atom is 0.200 e. The molecular formula is C19H18O4. The Morgan fingerprint density at radius 2 is 1.91 bits per heavy atom.